The molecule has 5 heteroatoms. The van der Waals surface area contributed by atoms with Crippen LogP contribution in [0.3, 0.4) is 0 Å². The lowest BCUT2D eigenvalue weighted by molar-refractivity contribution is 0.620. The molecule has 0 unspecified atom stereocenters. The number of hydrogen-bond acceptors (Lipinski definition) is 3. The Labute approximate surface area is 127 Å². The molecule has 0 aliphatic heterocycles. The summed E-state index contributed by atoms with van der Waals surface area (Å²) in [5.74, 6) is 0.528. The first-order valence-electron chi connectivity index (χ1n) is 5.66. The lowest BCUT2D eigenvalue weighted by Crippen LogP contribution is -1.92. The van der Waals surface area contributed by atoms with Crippen LogP contribution in [-0.2, 0) is 0 Å². The monoisotopic (exact) mass is 380 g/mol. The van der Waals surface area contributed by atoms with Crippen molar-refractivity contribution in [3.8, 4) is 11.5 Å². The maximum atomic E-state index is 6.07. The van der Waals surface area contributed by atoms with E-state index in [4.69, 9.17) is 10.2 Å². The molecule has 0 spiro atoms. The molecule has 19 heavy (non-hydrogen) atoms. The van der Waals surface area contributed by atoms with Gasteiger partial charge in [0.1, 0.15) is 5.52 Å². The summed E-state index contributed by atoms with van der Waals surface area (Å²) in [5.41, 5.74) is 10.2. The van der Waals surface area contributed by atoms with Crippen molar-refractivity contribution in [1.29, 1.82) is 0 Å². The molecule has 0 radical (unpaired) electrons. The summed E-state index contributed by atoms with van der Waals surface area (Å²) in [7, 11) is 0. The highest BCUT2D eigenvalue weighted by Crippen LogP contribution is 2.36. The molecule has 0 aliphatic rings. The van der Waals surface area contributed by atoms with Crippen LogP contribution in [0.2, 0.25) is 0 Å². The van der Waals surface area contributed by atoms with Crippen LogP contribution in [-0.4, -0.2) is 4.98 Å². The number of aromatic nitrogens is 1. The van der Waals surface area contributed by atoms with Crippen LogP contribution >= 0.6 is 31.9 Å². The molecule has 0 bridgehead atoms. The van der Waals surface area contributed by atoms with Crippen LogP contribution in [0.1, 0.15) is 5.56 Å². The van der Waals surface area contributed by atoms with Crippen LogP contribution in [0, 0.1) is 6.92 Å². The molecular weight excluding hydrogens is 372 g/mol. The largest absolute Gasteiger partial charge is 0.436 e. The molecule has 0 atom stereocenters. The summed E-state index contributed by atoms with van der Waals surface area (Å²) >= 11 is 6.87. The van der Waals surface area contributed by atoms with Gasteiger partial charge in [0.25, 0.3) is 0 Å². The highest BCUT2D eigenvalue weighted by Gasteiger charge is 2.14. The maximum Gasteiger partial charge on any atom is 0.229 e. The molecule has 2 N–H and O–H groups in total. The Kier molecular flexibility index (Phi) is 3.11. The average molecular weight is 382 g/mol. The SMILES string of the molecule is Cc1ccc2oc(-c3cc(Br)cc(Br)c3N)nc2c1. The number of nitrogen functional groups attached to an aromatic ring is 1. The zero-order valence-electron chi connectivity index (χ0n) is 10.1. The van der Waals surface area contributed by atoms with Gasteiger partial charge in [-0.15, -0.1) is 0 Å². The average Bonchev–Trinajstić information content (AvgIpc) is 2.76. The van der Waals surface area contributed by atoms with Crippen molar-refractivity contribution < 1.29 is 4.42 Å². The van der Waals surface area contributed by atoms with Crippen molar-refractivity contribution in [1.82, 2.24) is 4.98 Å². The van der Waals surface area contributed by atoms with Gasteiger partial charge >= 0.3 is 0 Å². The van der Waals surface area contributed by atoms with Crippen LogP contribution in [0.4, 0.5) is 5.69 Å². The Morgan fingerprint density at radius 1 is 1.16 bits per heavy atom. The van der Waals surface area contributed by atoms with Crippen molar-refractivity contribution >= 4 is 48.6 Å². The first-order valence-corrected chi connectivity index (χ1v) is 7.25. The highest BCUT2D eigenvalue weighted by atomic mass is 79.9. The van der Waals surface area contributed by atoms with Crippen LogP contribution in [0.5, 0.6) is 0 Å². The smallest absolute Gasteiger partial charge is 0.229 e. The van der Waals surface area contributed by atoms with Crippen LogP contribution in [0.25, 0.3) is 22.6 Å². The van der Waals surface area contributed by atoms with Gasteiger partial charge in [-0.1, -0.05) is 22.0 Å². The van der Waals surface area contributed by atoms with Crippen molar-refractivity contribution in [2.24, 2.45) is 0 Å². The van der Waals surface area contributed by atoms with Crippen LogP contribution < -0.4 is 5.73 Å². The number of hydrogen-bond donors (Lipinski definition) is 1. The standard InChI is InChI=1S/C14H10Br2N2O/c1-7-2-3-12-11(4-7)18-14(19-12)9-5-8(15)6-10(16)13(9)17/h2-6H,17H2,1H3. The van der Waals surface area contributed by atoms with Crippen molar-refractivity contribution in [3.05, 3.63) is 44.8 Å². The zero-order chi connectivity index (χ0) is 13.6. The van der Waals surface area contributed by atoms with Crippen LogP contribution in [0.15, 0.2) is 43.7 Å². The van der Waals surface area contributed by atoms with Gasteiger partial charge in [-0.3, -0.25) is 0 Å². The van der Waals surface area contributed by atoms with Gasteiger partial charge in [-0.25, -0.2) is 4.98 Å². The molecule has 0 fully saturated rings. The van der Waals surface area contributed by atoms with Gasteiger partial charge < -0.3 is 10.2 Å². The second kappa shape index (κ2) is 4.65. The Hall–Kier alpha value is -1.33. The Bertz CT molecular complexity index is 780. The van der Waals surface area contributed by atoms with Gasteiger partial charge in [0.2, 0.25) is 5.89 Å². The molecule has 0 amide bonds. The van der Waals surface area contributed by atoms with E-state index < -0.39 is 0 Å². The second-order valence-electron chi connectivity index (χ2n) is 4.34. The third-order valence-corrected chi connectivity index (χ3v) is 3.98. The minimum Gasteiger partial charge on any atom is -0.436 e. The minimum absolute atomic E-state index is 0.528. The van der Waals surface area contributed by atoms with Gasteiger partial charge in [-0.05, 0) is 52.7 Å². The Morgan fingerprint density at radius 2 is 1.95 bits per heavy atom. The molecule has 3 rings (SSSR count). The van der Waals surface area contributed by atoms with Gasteiger partial charge in [0, 0.05) is 8.95 Å². The molecule has 96 valence electrons. The van der Waals surface area contributed by atoms with Gasteiger partial charge in [0.05, 0.1) is 11.3 Å². The number of benzene rings is 2. The number of aryl methyl sites for hydroxylation is 1. The third kappa shape index (κ3) is 2.28. The maximum absolute atomic E-state index is 6.07. The van der Waals surface area contributed by atoms with E-state index in [2.05, 4.69) is 36.8 Å². The highest BCUT2D eigenvalue weighted by molar-refractivity contribution is 9.11. The number of nitrogens with two attached hydrogens (primary N) is 1. The zero-order valence-corrected chi connectivity index (χ0v) is 13.2. The van der Waals surface area contributed by atoms with E-state index in [1.54, 1.807) is 0 Å². The predicted octanol–water partition coefficient (Wildman–Crippen LogP) is 4.91. The first kappa shape index (κ1) is 12.7. The number of halogens is 2. The van der Waals surface area contributed by atoms with E-state index in [0.717, 1.165) is 31.2 Å². The molecule has 0 saturated carbocycles. The van der Waals surface area contributed by atoms with Crippen molar-refractivity contribution in [3.63, 3.8) is 0 Å². The van der Waals surface area contributed by atoms with Gasteiger partial charge in [0.15, 0.2) is 5.58 Å². The molecule has 2 aromatic carbocycles. The van der Waals surface area contributed by atoms with Crippen molar-refractivity contribution in [2.45, 2.75) is 6.92 Å². The fourth-order valence-corrected chi connectivity index (χ4v) is 3.14. The lowest BCUT2D eigenvalue weighted by Gasteiger charge is -2.04. The fourth-order valence-electron chi connectivity index (χ4n) is 1.91. The summed E-state index contributed by atoms with van der Waals surface area (Å²) in [4.78, 5) is 4.50. The number of rotatable bonds is 1. The van der Waals surface area contributed by atoms with Crippen molar-refractivity contribution in [2.75, 3.05) is 5.73 Å². The van der Waals surface area contributed by atoms with E-state index in [1.165, 1.54) is 0 Å². The van der Waals surface area contributed by atoms with E-state index in [0.29, 0.717) is 11.6 Å². The molecule has 0 saturated heterocycles. The third-order valence-electron chi connectivity index (χ3n) is 2.87. The predicted molar refractivity (Wildman–Crippen MR) is 84.0 cm³/mol. The molecule has 3 nitrogen and oxygen atoms in total. The number of nitrogens with zero attached hydrogens (tertiary/aromatic N) is 1. The van der Waals surface area contributed by atoms with Gasteiger partial charge in [-0.2, -0.15) is 0 Å². The quantitative estimate of drug-likeness (QED) is 0.609. The van der Waals surface area contributed by atoms with E-state index in [9.17, 15) is 0 Å². The summed E-state index contributed by atoms with van der Waals surface area (Å²) in [5, 5.41) is 0. The second-order valence-corrected chi connectivity index (χ2v) is 6.11. The summed E-state index contributed by atoms with van der Waals surface area (Å²) in [6.07, 6.45) is 0. The number of anilines is 1. The summed E-state index contributed by atoms with van der Waals surface area (Å²) < 4.78 is 7.50. The summed E-state index contributed by atoms with van der Waals surface area (Å²) in [6.45, 7) is 2.03. The summed E-state index contributed by atoms with van der Waals surface area (Å²) in [6, 6.07) is 9.71. The molecular formula is C14H10Br2N2O. The molecule has 3 aromatic rings. The van der Waals surface area contributed by atoms with E-state index >= 15 is 0 Å². The Morgan fingerprint density at radius 3 is 2.74 bits per heavy atom. The topological polar surface area (TPSA) is 52.0 Å². The molecule has 1 aromatic heterocycles. The number of fused-ring (bicyclic) bond motifs is 1. The Balaban J connectivity index is 2.24. The number of oxazole rings is 1. The lowest BCUT2D eigenvalue weighted by atomic mass is 10.2. The molecule has 0 aliphatic carbocycles. The normalized spacial score (nSPS) is 11.1. The van der Waals surface area contributed by atoms with E-state index in [1.807, 2.05) is 37.3 Å². The minimum atomic E-state index is 0.528. The molecule has 1 heterocycles. The first-order chi connectivity index (χ1) is 9.04. The fraction of sp³-hybridized carbons (Fsp3) is 0.0714. The van der Waals surface area contributed by atoms with E-state index in [-0.39, 0.29) is 0 Å².